The molecular weight excluding hydrogens is 548 g/mol. The Kier molecular flexibility index (Phi) is 8.19. The SMILES string of the molecule is CC(NC(=O)Cc1ccccc1)c1nc2ccc(C#Cc3ccc4nc([C@H](C)NC(=O)Cc5ccccc5)[nH]c4c3)cc2[nH]1. The van der Waals surface area contributed by atoms with Crippen LogP contribution in [-0.4, -0.2) is 31.8 Å². The lowest BCUT2D eigenvalue weighted by Gasteiger charge is -2.11. The zero-order chi connectivity index (χ0) is 30.5. The number of amides is 2. The fourth-order valence-electron chi connectivity index (χ4n) is 5.05. The number of benzene rings is 4. The van der Waals surface area contributed by atoms with Crippen LogP contribution in [0.5, 0.6) is 0 Å². The Morgan fingerprint density at radius 3 is 1.45 bits per heavy atom. The second-order valence-electron chi connectivity index (χ2n) is 10.9. The summed E-state index contributed by atoms with van der Waals surface area (Å²) in [4.78, 5) is 41.0. The summed E-state index contributed by atoms with van der Waals surface area (Å²) in [5.74, 6) is 7.74. The van der Waals surface area contributed by atoms with Gasteiger partial charge in [0.15, 0.2) is 0 Å². The molecule has 0 aliphatic heterocycles. The van der Waals surface area contributed by atoms with Crippen LogP contribution in [0.3, 0.4) is 0 Å². The summed E-state index contributed by atoms with van der Waals surface area (Å²) in [6, 6.07) is 30.4. The van der Waals surface area contributed by atoms with E-state index in [1.807, 2.05) is 111 Å². The number of nitrogens with one attached hydrogen (secondary N) is 4. The van der Waals surface area contributed by atoms with Crippen molar-refractivity contribution in [2.75, 3.05) is 0 Å². The van der Waals surface area contributed by atoms with Crippen molar-refractivity contribution < 1.29 is 9.59 Å². The van der Waals surface area contributed by atoms with Gasteiger partial charge in [-0.05, 0) is 61.4 Å². The maximum atomic E-state index is 12.5. The van der Waals surface area contributed by atoms with Crippen molar-refractivity contribution in [2.24, 2.45) is 0 Å². The lowest BCUT2D eigenvalue weighted by molar-refractivity contribution is -0.122. The van der Waals surface area contributed by atoms with Crippen LogP contribution in [0, 0.1) is 11.8 Å². The molecule has 0 saturated carbocycles. The number of carbonyl (C=O) groups excluding carboxylic acids is 2. The van der Waals surface area contributed by atoms with E-state index in [2.05, 4.69) is 42.4 Å². The van der Waals surface area contributed by atoms with Gasteiger partial charge in [0, 0.05) is 11.1 Å². The number of aromatic nitrogens is 4. The van der Waals surface area contributed by atoms with E-state index in [-0.39, 0.29) is 23.9 Å². The van der Waals surface area contributed by atoms with E-state index in [9.17, 15) is 9.59 Å². The Balaban J connectivity index is 1.10. The van der Waals surface area contributed by atoms with Crippen molar-refractivity contribution in [1.29, 1.82) is 0 Å². The number of imidazole rings is 2. The Bertz CT molecular complexity index is 1860. The van der Waals surface area contributed by atoms with Crippen LogP contribution < -0.4 is 10.6 Å². The molecule has 8 heteroatoms. The van der Waals surface area contributed by atoms with Gasteiger partial charge in [-0.15, -0.1) is 0 Å². The number of carbonyl (C=O) groups is 2. The third-order valence-corrected chi connectivity index (χ3v) is 7.34. The molecule has 1 unspecified atom stereocenters. The van der Waals surface area contributed by atoms with E-state index in [1.165, 1.54) is 0 Å². The average Bonchev–Trinajstić information content (AvgIpc) is 3.65. The van der Waals surface area contributed by atoms with E-state index in [0.717, 1.165) is 44.3 Å². The van der Waals surface area contributed by atoms with E-state index in [4.69, 9.17) is 0 Å². The number of aromatic amines is 2. The van der Waals surface area contributed by atoms with Crippen LogP contribution in [-0.2, 0) is 22.4 Å². The van der Waals surface area contributed by atoms with E-state index < -0.39 is 0 Å². The number of H-pyrrole nitrogens is 2. The van der Waals surface area contributed by atoms with Crippen LogP contribution in [0.25, 0.3) is 22.1 Å². The maximum absolute atomic E-state index is 12.5. The number of nitrogens with zero attached hydrogens (tertiary/aromatic N) is 2. The summed E-state index contributed by atoms with van der Waals surface area (Å²) in [5.41, 5.74) is 6.95. The maximum Gasteiger partial charge on any atom is 0.224 e. The van der Waals surface area contributed by atoms with E-state index >= 15 is 0 Å². The lowest BCUT2D eigenvalue weighted by atomic mass is 10.1. The van der Waals surface area contributed by atoms with Gasteiger partial charge in [-0.3, -0.25) is 9.59 Å². The van der Waals surface area contributed by atoms with Crippen LogP contribution >= 0.6 is 0 Å². The van der Waals surface area contributed by atoms with Crippen LogP contribution in [0.2, 0.25) is 0 Å². The lowest BCUT2D eigenvalue weighted by Crippen LogP contribution is -2.28. The van der Waals surface area contributed by atoms with Crippen molar-refractivity contribution in [2.45, 2.75) is 38.8 Å². The molecule has 4 N–H and O–H groups in total. The molecule has 0 saturated heterocycles. The van der Waals surface area contributed by atoms with Crippen LogP contribution in [0.15, 0.2) is 97.1 Å². The molecule has 0 bridgehead atoms. The van der Waals surface area contributed by atoms with Gasteiger partial charge in [-0.1, -0.05) is 72.5 Å². The highest BCUT2D eigenvalue weighted by Gasteiger charge is 2.15. The summed E-state index contributed by atoms with van der Waals surface area (Å²) >= 11 is 0. The Morgan fingerprint density at radius 2 is 1.05 bits per heavy atom. The molecule has 2 atom stereocenters. The molecule has 2 heterocycles. The third-order valence-electron chi connectivity index (χ3n) is 7.34. The molecule has 6 rings (SSSR count). The van der Waals surface area contributed by atoms with Gasteiger partial charge in [-0.2, -0.15) is 0 Å². The molecule has 0 fully saturated rings. The first-order valence-electron chi connectivity index (χ1n) is 14.6. The van der Waals surface area contributed by atoms with Gasteiger partial charge in [0.1, 0.15) is 11.6 Å². The summed E-state index contributed by atoms with van der Waals surface area (Å²) in [6.07, 6.45) is 0.641. The quantitative estimate of drug-likeness (QED) is 0.173. The van der Waals surface area contributed by atoms with E-state index in [0.29, 0.717) is 24.5 Å². The van der Waals surface area contributed by atoms with Gasteiger partial charge in [0.25, 0.3) is 0 Å². The van der Waals surface area contributed by atoms with E-state index in [1.54, 1.807) is 0 Å². The van der Waals surface area contributed by atoms with Crippen LogP contribution in [0.4, 0.5) is 0 Å². The van der Waals surface area contributed by atoms with Gasteiger partial charge in [0.2, 0.25) is 11.8 Å². The predicted molar refractivity (Wildman–Crippen MR) is 172 cm³/mol. The molecule has 4 aromatic carbocycles. The Hall–Kier alpha value is -5.68. The number of hydrogen-bond acceptors (Lipinski definition) is 4. The minimum Gasteiger partial charge on any atom is -0.346 e. The summed E-state index contributed by atoms with van der Waals surface area (Å²) in [5, 5.41) is 6.04. The summed E-state index contributed by atoms with van der Waals surface area (Å²) in [7, 11) is 0. The fourth-order valence-corrected chi connectivity index (χ4v) is 5.05. The molecule has 0 aliphatic carbocycles. The predicted octanol–water partition coefficient (Wildman–Crippen LogP) is 5.68. The minimum absolute atomic E-state index is 0.0562. The average molecular weight is 581 g/mol. The fraction of sp³-hybridized carbons (Fsp3) is 0.167. The van der Waals surface area contributed by atoms with Gasteiger partial charge in [0.05, 0.1) is 47.0 Å². The van der Waals surface area contributed by atoms with Gasteiger partial charge < -0.3 is 20.6 Å². The number of fused-ring (bicyclic) bond motifs is 2. The highest BCUT2D eigenvalue weighted by Crippen LogP contribution is 2.20. The van der Waals surface area contributed by atoms with Crippen molar-refractivity contribution in [3.8, 4) is 11.8 Å². The first kappa shape index (κ1) is 28.4. The van der Waals surface area contributed by atoms with Crippen molar-refractivity contribution in [3.05, 3.63) is 131 Å². The zero-order valence-corrected chi connectivity index (χ0v) is 24.5. The van der Waals surface area contributed by atoms with Gasteiger partial charge >= 0.3 is 0 Å². The van der Waals surface area contributed by atoms with Crippen molar-refractivity contribution in [1.82, 2.24) is 30.6 Å². The number of hydrogen-bond donors (Lipinski definition) is 4. The van der Waals surface area contributed by atoms with Crippen molar-refractivity contribution in [3.63, 3.8) is 0 Å². The molecule has 2 amide bonds. The molecule has 0 aliphatic rings. The Morgan fingerprint density at radius 1 is 0.636 bits per heavy atom. The topological polar surface area (TPSA) is 116 Å². The number of rotatable bonds is 8. The highest BCUT2D eigenvalue weighted by molar-refractivity contribution is 5.81. The minimum atomic E-state index is -0.265. The third kappa shape index (κ3) is 6.85. The van der Waals surface area contributed by atoms with Crippen molar-refractivity contribution >= 4 is 33.9 Å². The molecule has 0 spiro atoms. The first-order chi connectivity index (χ1) is 21.4. The normalized spacial score (nSPS) is 12.3. The largest absolute Gasteiger partial charge is 0.346 e. The summed E-state index contributed by atoms with van der Waals surface area (Å²) < 4.78 is 0. The molecule has 2 aromatic heterocycles. The summed E-state index contributed by atoms with van der Waals surface area (Å²) in [6.45, 7) is 3.83. The monoisotopic (exact) mass is 580 g/mol. The molecule has 44 heavy (non-hydrogen) atoms. The molecule has 0 radical (unpaired) electrons. The second kappa shape index (κ2) is 12.7. The Labute approximate surface area is 255 Å². The smallest absolute Gasteiger partial charge is 0.224 e. The standard InChI is InChI=1S/C36H32N6O2/c1-23(37-33(43)21-25-9-5-3-6-10-25)35-39-29-17-15-27(19-31(29)41-35)13-14-28-16-18-30-32(20-28)42-36(40-30)24(2)38-34(44)22-26-11-7-4-8-12-26/h3-12,15-20,23-24H,21-22H2,1-2H3,(H,37,43)(H,38,44)(H,39,41)(H,40,42)/t23-,24?/m0/s1. The molecular formula is C36H32N6O2. The molecule has 218 valence electrons. The molecule has 6 aromatic rings. The van der Waals surface area contributed by atoms with Crippen LogP contribution in [0.1, 0.15) is 59.8 Å². The second-order valence-corrected chi connectivity index (χ2v) is 10.9. The molecule has 8 nitrogen and oxygen atoms in total. The highest BCUT2D eigenvalue weighted by atomic mass is 16.2. The van der Waals surface area contributed by atoms with Gasteiger partial charge in [-0.25, -0.2) is 9.97 Å². The first-order valence-corrected chi connectivity index (χ1v) is 14.6. The zero-order valence-electron chi connectivity index (χ0n) is 24.5.